The molecule has 2 heterocycles. The maximum absolute atomic E-state index is 15.1. The van der Waals surface area contributed by atoms with Crippen LogP contribution in [0.4, 0.5) is 10.1 Å². The molecule has 0 amide bonds. The van der Waals surface area contributed by atoms with Gasteiger partial charge < -0.3 is 15.0 Å². The van der Waals surface area contributed by atoms with Crippen LogP contribution >= 0.6 is 0 Å². The minimum absolute atomic E-state index is 0.0275. The summed E-state index contributed by atoms with van der Waals surface area (Å²) in [6.07, 6.45) is 2.66. The summed E-state index contributed by atoms with van der Waals surface area (Å²) in [4.78, 5) is 29.0. The lowest BCUT2D eigenvalue weighted by atomic mass is 10.0. The summed E-state index contributed by atoms with van der Waals surface area (Å²) in [5.41, 5.74) is -0.307. The Morgan fingerprint density at radius 1 is 1.33 bits per heavy atom. The lowest BCUT2D eigenvalue weighted by Crippen LogP contribution is -2.33. The summed E-state index contributed by atoms with van der Waals surface area (Å²) in [5, 5.41) is 3.41. The molecule has 4 rings (SSSR count). The molecule has 1 aromatic carbocycles. The molecule has 1 aliphatic carbocycles. The number of halogens is 1. The summed E-state index contributed by atoms with van der Waals surface area (Å²) in [6.45, 7) is 3.51. The monoisotopic (exact) mass is 376 g/mol. The van der Waals surface area contributed by atoms with Gasteiger partial charge in [-0.1, -0.05) is 0 Å². The molecule has 0 bridgehead atoms. The molecule has 2 aromatic rings. The Bertz CT molecular complexity index is 995. The van der Waals surface area contributed by atoms with Crippen LogP contribution in [-0.4, -0.2) is 42.8 Å². The fourth-order valence-corrected chi connectivity index (χ4v) is 4.15. The maximum Gasteiger partial charge on any atom is 0.329 e. The molecule has 8 heteroatoms. The van der Waals surface area contributed by atoms with Crippen molar-refractivity contribution in [3.05, 3.63) is 32.7 Å². The zero-order valence-electron chi connectivity index (χ0n) is 15.8. The number of nitrogens with zero attached hydrogens (tertiary/aromatic N) is 2. The number of ether oxygens (including phenoxy) is 1. The number of hydrogen-bond acceptors (Lipinski definition) is 5. The molecule has 2 N–H and O–H groups in total. The van der Waals surface area contributed by atoms with Crippen LogP contribution < -0.4 is 26.2 Å². The van der Waals surface area contributed by atoms with Gasteiger partial charge >= 0.3 is 5.69 Å². The molecule has 1 aromatic heterocycles. The average Bonchev–Trinajstić information content (AvgIpc) is 3.36. The molecule has 2 atom stereocenters. The van der Waals surface area contributed by atoms with E-state index in [0.29, 0.717) is 36.3 Å². The Labute approximate surface area is 156 Å². The number of rotatable bonds is 5. The van der Waals surface area contributed by atoms with Crippen molar-refractivity contribution < 1.29 is 9.13 Å². The summed E-state index contributed by atoms with van der Waals surface area (Å²) in [5.74, 6) is 0.168. The molecule has 0 unspecified atom stereocenters. The Hall–Kier alpha value is -2.35. The largest absolute Gasteiger partial charge is 0.492 e. The van der Waals surface area contributed by atoms with Crippen molar-refractivity contribution in [2.75, 3.05) is 32.1 Å². The topological polar surface area (TPSA) is 79.4 Å². The molecule has 7 nitrogen and oxygen atoms in total. The van der Waals surface area contributed by atoms with Gasteiger partial charge in [0.15, 0.2) is 11.6 Å². The van der Waals surface area contributed by atoms with Crippen LogP contribution in [0.1, 0.15) is 32.2 Å². The second kappa shape index (κ2) is 6.67. The molecule has 0 spiro atoms. The highest BCUT2D eigenvalue weighted by Crippen LogP contribution is 2.43. The van der Waals surface area contributed by atoms with Crippen molar-refractivity contribution in [3.8, 4) is 5.75 Å². The van der Waals surface area contributed by atoms with Gasteiger partial charge in [0.05, 0.1) is 12.5 Å². The first-order chi connectivity index (χ1) is 13.0. The van der Waals surface area contributed by atoms with Crippen molar-refractivity contribution in [3.63, 3.8) is 0 Å². The quantitative estimate of drug-likeness (QED) is 0.829. The zero-order valence-corrected chi connectivity index (χ0v) is 15.8. The Balaban J connectivity index is 1.92. The maximum atomic E-state index is 15.1. The van der Waals surface area contributed by atoms with E-state index in [2.05, 4.69) is 17.2 Å². The molecule has 27 heavy (non-hydrogen) atoms. The molecular formula is C19H25FN4O3. The zero-order chi connectivity index (χ0) is 19.3. The van der Waals surface area contributed by atoms with Gasteiger partial charge in [-0.15, -0.1) is 0 Å². The van der Waals surface area contributed by atoms with Crippen LogP contribution in [0.3, 0.4) is 0 Å². The molecule has 1 saturated carbocycles. The van der Waals surface area contributed by atoms with Crippen molar-refractivity contribution in [2.24, 2.45) is 5.92 Å². The number of benzene rings is 1. The number of aromatic nitrogens is 2. The number of H-pyrrole nitrogens is 1. The molecule has 1 saturated heterocycles. The number of anilines is 1. The molecule has 1 aliphatic heterocycles. The number of nitrogens with one attached hydrogen (secondary N) is 2. The third-order valence-corrected chi connectivity index (χ3v) is 5.93. The SMILES string of the molecule is CN[C@@H](C)[C@H]1CCN(c2c(F)cc3c(=O)[nH]c(=O)n(C4CC4)c3c2OC)C1. The van der Waals surface area contributed by atoms with E-state index in [1.54, 1.807) is 4.57 Å². The molecule has 0 radical (unpaired) electrons. The van der Waals surface area contributed by atoms with Crippen LogP contribution in [0.2, 0.25) is 0 Å². The second-order valence-corrected chi connectivity index (χ2v) is 7.57. The first-order valence-corrected chi connectivity index (χ1v) is 9.43. The van der Waals surface area contributed by atoms with E-state index in [1.807, 2.05) is 11.9 Å². The molecule has 2 aliphatic rings. The van der Waals surface area contributed by atoms with Crippen LogP contribution in [0.25, 0.3) is 10.9 Å². The average molecular weight is 376 g/mol. The van der Waals surface area contributed by atoms with E-state index in [0.717, 1.165) is 19.3 Å². The fourth-order valence-electron chi connectivity index (χ4n) is 4.15. The van der Waals surface area contributed by atoms with Gasteiger partial charge in [0.25, 0.3) is 5.56 Å². The van der Waals surface area contributed by atoms with Crippen LogP contribution in [0.15, 0.2) is 15.7 Å². The lowest BCUT2D eigenvalue weighted by Gasteiger charge is -2.25. The molecule has 146 valence electrons. The molecular weight excluding hydrogens is 351 g/mol. The molecule has 2 fully saturated rings. The van der Waals surface area contributed by atoms with Crippen LogP contribution in [0.5, 0.6) is 5.75 Å². The Morgan fingerprint density at radius 3 is 2.70 bits per heavy atom. The van der Waals surface area contributed by atoms with Gasteiger partial charge in [-0.2, -0.15) is 0 Å². The minimum Gasteiger partial charge on any atom is -0.492 e. The minimum atomic E-state index is -0.584. The van der Waals surface area contributed by atoms with Crippen molar-refractivity contribution in [1.29, 1.82) is 0 Å². The standard InChI is InChI=1S/C19H25FN4O3/c1-10(21-2)11-6-7-23(9-11)16-14(20)8-13-15(17(16)27-3)24(12-4-5-12)19(26)22-18(13)25/h8,10-12,21H,4-7,9H2,1-3H3,(H,22,25,26)/t10-,11-/m0/s1. The van der Waals surface area contributed by atoms with E-state index < -0.39 is 17.1 Å². The Kier molecular flexibility index (Phi) is 4.46. The fraction of sp³-hybridized carbons (Fsp3) is 0.579. The smallest absolute Gasteiger partial charge is 0.329 e. The van der Waals surface area contributed by atoms with Gasteiger partial charge in [0, 0.05) is 25.2 Å². The van der Waals surface area contributed by atoms with Crippen LogP contribution in [-0.2, 0) is 0 Å². The van der Waals surface area contributed by atoms with Gasteiger partial charge in [-0.25, -0.2) is 9.18 Å². The lowest BCUT2D eigenvalue weighted by molar-refractivity contribution is 0.411. The predicted octanol–water partition coefficient (Wildman–Crippen LogP) is 1.61. The van der Waals surface area contributed by atoms with E-state index in [-0.39, 0.29) is 17.2 Å². The summed E-state index contributed by atoms with van der Waals surface area (Å²) in [7, 11) is 3.38. The van der Waals surface area contributed by atoms with E-state index in [1.165, 1.54) is 13.2 Å². The predicted molar refractivity (Wildman–Crippen MR) is 102 cm³/mol. The van der Waals surface area contributed by atoms with Gasteiger partial charge in [-0.3, -0.25) is 14.3 Å². The summed E-state index contributed by atoms with van der Waals surface area (Å²) >= 11 is 0. The van der Waals surface area contributed by atoms with E-state index >= 15 is 4.39 Å². The Morgan fingerprint density at radius 2 is 2.07 bits per heavy atom. The van der Waals surface area contributed by atoms with Crippen LogP contribution in [0, 0.1) is 11.7 Å². The van der Waals surface area contributed by atoms with Gasteiger partial charge in [0.2, 0.25) is 0 Å². The van der Waals surface area contributed by atoms with E-state index in [4.69, 9.17) is 4.74 Å². The highest BCUT2D eigenvalue weighted by Gasteiger charge is 2.34. The third kappa shape index (κ3) is 2.92. The second-order valence-electron chi connectivity index (χ2n) is 7.57. The van der Waals surface area contributed by atoms with Gasteiger partial charge in [-0.05, 0) is 45.2 Å². The van der Waals surface area contributed by atoms with Crippen molar-refractivity contribution >= 4 is 16.6 Å². The highest BCUT2D eigenvalue weighted by atomic mass is 19.1. The van der Waals surface area contributed by atoms with Crippen molar-refractivity contribution in [2.45, 2.75) is 38.3 Å². The summed E-state index contributed by atoms with van der Waals surface area (Å²) in [6, 6.07) is 1.58. The third-order valence-electron chi connectivity index (χ3n) is 5.93. The highest BCUT2D eigenvalue weighted by molar-refractivity contribution is 5.91. The van der Waals surface area contributed by atoms with Gasteiger partial charge in [0.1, 0.15) is 11.2 Å². The number of fused-ring (bicyclic) bond motifs is 1. The number of aromatic amines is 1. The summed E-state index contributed by atoms with van der Waals surface area (Å²) < 4.78 is 22.2. The normalized spacial score (nSPS) is 21.0. The first-order valence-electron chi connectivity index (χ1n) is 9.43. The number of hydrogen-bond donors (Lipinski definition) is 2. The number of methoxy groups -OCH3 is 1. The van der Waals surface area contributed by atoms with Crippen molar-refractivity contribution in [1.82, 2.24) is 14.9 Å². The first kappa shape index (κ1) is 18.0. The van der Waals surface area contributed by atoms with E-state index in [9.17, 15) is 9.59 Å².